The van der Waals surface area contributed by atoms with Crippen LogP contribution in [0.5, 0.6) is 11.5 Å². The quantitative estimate of drug-likeness (QED) is 0.362. The zero-order valence-corrected chi connectivity index (χ0v) is 17.7. The lowest BCUT2D eigenvalue weighted by Gasteiger charge is -2.24. The number of hydrogen-bond donors (Lipinski definition) is 3. The van der Waals surface area contributed by atoms with Crippen molar-refractivity contribution in [2.24, 2.45) is 5.92 Å². The molecule has 0 spiro atoms. The van der Waals surface area contributed by atoms with E-state index in [4.69, 9.17) is 9.47 Å². The van der Waals surface area contributed by atoms with Crippen molar-refractivity contribution in [1.29, 1.82) is 0 Å². The highest BCUT2D eigenvalue weighted by Gasteiger charge is 2.21. The Hall–Kier alpha value is -3.88. The van der Waals surface area contributed by atoms with Gasteiger partial charge in [-0.1, -0.05) is 19.3 Å². The van der Waals surface area contributed by atoms with Crippen LogP contribution in [0.25, 0.3) is 22.3 Å². The van der Waals surface area contributed by atoms with Crippen molar-refractivity contribution >= 4 is 28.3 Å². The SMILES string of the molecule is COc1cc(-c2nc(Nc3ccc4[nH]ncc4c3)n[nH]2)ccc1OCC(=O)CC1CCC1. The third-order valence-corrected chi connectivity index (χ3v) is 5.75. The summed E-state index contributed by atoms with van der Waals surface area (Å²) in [5.41, 5.74) is 2.61. The molecule has 3 N–H and O–H groups in total. The number of nitrogens with one attached hydrogen (secondary N) is 3. The molecule has 0 atom stereocenters. The summed E-state index contributed by atoms with van der Waals surface area (Å²) in [4.78, 5) is 16.6. The van der Waals surface area contributed by atoms with Crippen LogP contribution in [-0.4, -0.2) is 44.9 Å². The lowest BCUT2D eigenvalue weighted by Crippen LogP contribution is -2.20. The van der Waals surface area contributed by atoms with E-state index >= 15 is 0 Å². The van der Waals surface area contributed by atoms with Crippen molar-refractivity contribution in [3.63, 3.8) is 0 Å². The van der Waals surface area contributed by atoms with E-state index in [2.05, 4.69) is 30.7 Å². The number of hydrogen-bond acceptors (Lipinski definition) is 7. The van der Waals surface area contributed by atoms with E-state index in [1.54, 1.807) is 19.4 Å². The summed E-state index contributed by atoms with van der Waals surface area (Å²) in [6.07, 6.45) is 5.89. The van der Waals surface area contributed by atoms with Crippen LogP contribution in [0.15, 0.2) is 42.6 Å². The molecule has 0 radical (unpaired) electrons. The summed E-state index contributed by atoms with van der Waals surface area (Å²) >= 11 is 0. The molecule has 2 heterocycles. The highest BCUT2D eigenvalue weighted by atomic mass is 16.5. The van der Waals surface area contributed by atoms with Crippen LogP contribution in [0.4, 0.5) is 11.6 Å². The van der Waals surface area contributed by atoms with Crippen LogP contribution >= 0.6 is 0 Å². The number of ether oxygens (including phenoxy) is 2. The van der Waals surface area contributed by atoms with Crippen LogP contribution in [0.3, 0.4) is 0 Å². The maximum atomic E-state index is 12.1. The standard InChI is InChI=1S/C23H24N6O3/c1-31-21-11-15(5-8-20(21)32-13-18(30)9-14-3-2-4-14)22-26-23(29-28-22)25-17-6-7-19-16(10-17)12-24-27-19/h5-8,10-12,14H,2-4,9,13H2,1H3,(H,24,27)(H2,25,26,28,29). The van der Waals surface area contributed by atoms with Gasteiger partial charge in [-0.05, 0) is 42.3 Å². The number of Topliss-reactive ketones (excluding diaryl/α,β-unsaturated/α-hetero) is 1. The van der Waals surface area contributed by atoms with Crippen molar-refractivity contribution in [3.8, 4) is 22.9 Å². The zero-order valence-electron chi connectivity index (χ0n) is 17.7. The summed E-state index contributed by atoms with van der Waals surface area (Å²) < 4.78 is 11.2. The second-order valence-corrected chi connectivity index (χ2v) is 8.00. The Morgan fingerprint density at radius 2 is 2.06 bits per heavy atom. The highest BCUT2D eigenvalue weighted by molar-refractivity contribution is 5.82. The van der Waals surface area contributed by atoms with Gasteiger partial charge in [0.15, 0.2) is 23.1 Å². The van der Waals surface area contributed by atoms with E-state index in [0.717, 1.165) is 35.0 Å². The lowest BCUT2D eigenvalue weighted by atomic mass is 9.82. The molecule has 0 bridgehead atoms. The van der Waals surface area contributed by atoms with E-state index < -0.39 is 0 Å². The molecule has 0 unspecified atom stereocenters. The van der Waals surface area contributed by atoms with Gasteiger partial charge in [0.05, 0.1) is 18.8 Å². The zero-order chi connectivity index (χ0) is 21.9. The summed E-state index contributed by atoms with van der Waals surface area (Å²) in [5, 5.41) is 18.3. The number of rotatable bonds is 9. The molecule has 9 heteroatoms. The molecule has 1 aliphatic carbocycles. The average molecular weight is 432 g/mol. The molecule has 5 rings (SSSR count). The maximum absolute atomic E-state index is 12.1. The molecular formula is C23H24N6O3. The van der Waals surface area contributed by atoms with Crippen molar-refractivity contribution in [2.75, 3.05) is 19.0 Å². The second-order valence-electron chi connectivity index (χ2n) is 8.00. The fourth-order valence-corrected chi connectivity index (χ4v) is 3.77. The van der Waals surface area contributed by atoms with Gasteiger partial charge in [0.1, 0.15) is 6.61 Å². The first-order chi connectivity index (χ1) is 15.7. The van der Waals surface area contributed by atoms with Crippen LogP contribution in [0.1, 0.15) is 25.7 Å². The molecule has 2 aromatic carbocycles. The Morgan fingerprint density at radius 3 is 2.88 bits per heavy atom. The predicted molar refractivity (Wildman–Crippen MR) is 120 cm³/mol. The number of benzene rings is 2. The topological polar surface area (TPSA) is 118 Å². The summed E-state index contributed by atoms with van der Waals surface area (Å²) in [6.45, 7) is 0.0591. The molecule has 1 fully saturated rings. The van der Waals surface area contributed by atoms with Crippen molar-refractivity contribution < 1.29 is 14.3 Å². The van der Waals surface area contributed by atoms with E-state index in [1.165, 1.54) is 6.42 Å². The van der Waals surface area contributed by atoms with E-state index in [9.17, 15) is 4.79 Å². The van der Waals surface area contributed by atoms with Crippen LogP contribution in [0.2, 0.25) is 0 Å². The number of H-pyrrole nitrogens is 2. The molecule has 0 aliphatic heterocycles. The first-order valence-electron chi connectivity index (χ1n) is 10.6. The molecule has 1 saturated carbocycles. The molecule has 0 amide bonds. The number of carbonyl (C=O) groups is 1. The summed E-state index contributed by atoms with van der Waals surface area (Å²) in [6, 6.07) is 11.3. The predicted octanol–water partition coefficient (Wildman–Crippen LogP) is 4.24. The van der Waals surface area contributed by atoms with E-state index in [-0.39, 0.29) is 12.4 Å². The number of fused-ring (bicyclic) bond motifs is 1. The Morgan fingerprint density at radius 1 is 1.16 bits per heavy atom. The lowest BCUT2D eigenvalue weighted by molar-refractivity contribution is -0.122. The van der Waals surface area contributed by atoms with Gasteiger partial charge in [-0.2, -0.15) is 10.1 Å². The minimum Gasteiger partial charge on any atom is -0.493 e. The minimum atomic E-state index is 0.0591. The molecule has 1 aliphatic rings. The van der Waals surface area contributed by atoms with Crippen molar-refractivity contribution in [3.05, 3.63) is 42.6 Å². The molecule has 164 valence electrons. The molecule has 9 nitrogen and oxygen atoms in total. The summed E-state index contributed by atoms with van der Waals surface area (Å²) in [7, 11) is 1.57. The summed E-state index contributed by atoms with van der Waals surface area (Å²) in [5.74, 6) is 2.76. The number of methoxy groups -OCH3 is 1. The Bertz CT molecular complexity index is 1240. The van der Waals surface area contributed by atoms with Crippen LogP contribution < -0.4 is 14.8 Å². The Labute approximate surface area is 184 Å². The van der Waals surface area contributed by atoms with Gasteiger partial charge < -0.3 is 14.8 Å². The monoisotopic (exact) mass is 432 g/mol. The number of nitrogens with zero attached hydrogens (tertiary/aromatic N) is 3. The molecule has 4 aromatic rings. The fraction of sp³-hybridized carbons (Fsp3) is 0.304. The van der Waals surface area contributed by atoms with Crippen molar-refractivity contribution in [1.82, 2.24) is 25.4 Å². The smallest absolute Gasteiger partial charge is 0.246 e. The maximum Gasteiger partial charge on any atom is 0.246 e. The van der Waals surface area contributed by atoms with Gasteiger partial charge >= 0.3 is 0 Å². The van der Waals surface area contributed by atoms with E-state index in [0.29, 0.717) is 35.6 Å². The third-order valence-electron chi connectivity index (χ3n) is 5.75. The fourth-order valence-electron chi connectivity index (χ4n) is 3.77. The van der Waals surface area contributed by atoms with Crippen molar-refractivity contribution in [2.45, 2.75) is 25.7 Å². The number of ketones is 1. The van der Waals surface area contributed by atoms with Gasteiger partial charge in [-0.25, -0.2) is 0 Å². The first kappa shape index (κ1) is 20.0. The highest BCUT2D eigenvalue weighted by Crippen LogP contribution is 2.33. The second kappa shape index (κ2) is 8.70. The number of aromatic amines is 2. The van der Waals surface area contributed by atoms with Gasteiger partial charge in [-0.3, -0.25) is 15.0 Å². The van der Waals surface area contributed by atoms with Crippen LogP contribution in [-0.2, 0) is 4.79 Å². The molecule has 2 aromatic heterocycles. The normalized spacial score (nSPS) is 13.7. The van der Waals surface area contributed by atoms with Gasteiger partial charge in [0, 0.05) is 23.1 Å². The molecule has 0 saturated heterocycles. The van der Waals surface area contributed by atoms with Crippen LogP contribution in [0, 0.1) is 5.92 Å². The molecular weight excluding hydrogens is 408 g/mol. The Balaban J connectivity index is 1.26. The Kier molecular flexibility index (Phi) is 5.45. The van der Waals surface area contributed by atoms with Gasteiger partial charge in [0.2, 0.25) is 5.95 Å². The average Bonchev–Trinajstić information content (AvgIpc) is 3.44. The van der Waals surface area contributed by atoms with Gasteiger partial charge in [-0.15, -0.1) is 5.10 Å². The molecule has 32 heavy (non-hydrogen) atoms. The van der Waals surface area contributed by atoms with E-state index in [1.807, 2.05) is 30.3 Å². The number of carbonyl (C=O) groups excluding carboxylic acids is 1. The third kappa shape index (κ3) is 4.27. The minimum absolute atomic E-state index is 0.0591. The number of aromatic nitrogens is 5. The number of anilines is 2. The van der Waals surface area contributed by atoms with Gasteiger partial charge in [0.25, 0.3) is 0 Å². The first-order valence-corrected chi connectivity index (χ1v) is 10.6. The largest absolute Gasteiger partial charge is 0.493 e.